The van der Waals surface area contributed by atoms with Gasteiger partial charge in [0.25, 0.3) is 5.91 Å². The number of aromatic nitrogens is 1. The van der Waals surface area contributed by atoms with Crippen molar-refractivity contribution < 1.29 is 4.79 Å². The van der Waals surface area contributed by atoms with Crippen LogP contribution in [0.3, 0.4) is 0 Å². The van der Waals surface area contributed by atoms with E-state index in [0.717, 1.165) is 5.56 Å². The number of nitrogens with two attached hydrogens (primary N) is 1. The second-order valence-electron chi connectivity index (χ2n) is 3.90. The summed E-state index contributed by atoms with van der Waals surface area (Å²) in [5.41, 5.74) is 8.27. The zero-order valence-electron chi connectivity index (χ0n) is 9.77. The van der Waals surface area contributed by atoms with Gasteiger partial charge in [0.15, 0.2) is 0 Å². The molecule has 1 amide bonds. The van der Waals surface area contributed by atoms with Gasteiger partial charge in [-0.1, -0.05) is 17.7 Å². The summed E-state index contributed by atoms with van der Waals surface area (Å²) < 4.78 is 0. The molecule has 18 heavy (non-hydrogen) atoms. The topological polar surface area (TPSA) is 68.0 Å². The number of benzene rings is 1. The average Bonchev–Trinajstić information content (AvgIpc) is 2.34. The highest BCUT2D eigenvalue weighted by atomic mass is 35.5. The third-order valence-corrected chi connectivity index (χ3v) is 2.78. The van der Waals surface area contributed by atoms with Gasteiger partial charge < -0.3 is 11.1 Å². The van der Waals surface area contributed by atoms with Gasteiger partial charge in [-0.2, -0.15) is 0 Å². The van der Waals surface area contributed by atoms with Gasteiger partial charge in [-0.25, -0.2) is 0 Å². The summed E-state index contributed by atoms with van der Waals surface area (Å²) in [6.07, 6.45) is 2.94. The van der Waals surface area contributed by atoms with Crippen molar-refractivity contribution >= 4 is 28.9 Å². The summed E-state index contributed by atoms with van der Waals surface area (Å²) >= 11 is 5.90. The zero-order valence-corrected chi connectivity index (χ0v) is 10.5. The molecule has 3 N–H and O–H groups in total. The van der Waals surface area contributed by atoms with Crippen molar-refractivity contribution in [2.75, 3.05) is 11.1 Å². The Labute approximate surface area is 110 Å². The van der Waals surface area contributed by atoms with E-state index >= 15 is 0 Å². The molecule has 0 saturated carbocycles. The molecule has 1 heterocycles. The molecular weight excluding hydrogens is 250 g/mol. The summed E-state index contributed by atoms with van der Waals surface area (Å²) in [5.74, 6) is -0.306. The van der Waals surface area contributed by atoms with Crippen LogP contribution in [0.15, 0.2) is 36.7 Å². The van der Waals surface area contributed by atoms with Gasteiger partial charge in [-0.3, -0.25) is 9.78 Å². The molecular formula is C13H12ClN3O. The van der Waals surface area contributed by atoms with E-state index in [4.69, 9.17) is 17.3 Å². The Balaban J connectivity index is 2.27. The molecule has 5 heteroatoms. The van der Waals surface area contributed by atoms with Gasteiger partial charge >= 0.3 is 0 Å². The summed E-state index contributed by atoms with van der Waals surface area (Å²) in [7, 11) is 0. The quantitative estimate of drug-likeness (QED) is 0.817. The number of anilines is 2. The zero-order chi connectivity index (χ0) is 13.1. The van der Waals surface area contributed by atoms with Crippen LogP contribution in [-0.2, 0) is 0 Å². The van der Waals surface area contributed by atoms with E-state index in [2.05, 4.69) is 10.3 Å². The molecule has 0 fully saturated rings. The molecule has 0 unspecified atom stereocenters. The highest BCUT2D eigenvalue weighted by Crippen LogP contribution is 2.22. The fourth-order valence-electron chi connectivity index (χ4n) is 1.53. The van der Waals surface area contributed by atoms with Crippen molar-refractivity contribution in [2.24, 2.45) is 0 Å². The van der Waals surface area contributed by atoms with Crippen molar-refractivity contribution in [3.8, 4) is 0 Å². The minimum absolute atomic E-state index is 0.306. The normalized spacial score (nSPS) is 10.1. The van der Waals surface area contributed by atoms with Gasteiger partial charge in [-0.15, -0.1) is 0 Å². The van der Waals surface area contributed by atoms with Crippen molar-refractivity contribution in [1.82, 2.24) is 4.98 Å². The van der Waals surface area contributed by atoms with Crippen molar-refractivity contribution in [3.05, 3.63) is 52.8 Å². The molecule has 92 valence electrons. The summed E-state index contributed by atoms with van der Waals surface area (Å²) in [6.45, 7) is 1.93. The van der Waals surface area contributed by atoms with E-state index in [-0.39, 0.29) is 5.91 Å². The number of carbonyl (C=O) groups excluding carboxylic acids is 1. The molecule has 4 nitrogen and oxygen atoms in total. The second kappa shape index (κ2) is 5.06. The SMILES string of the molecule is Cc1ccc(N)c(NC(=O)c2ccncc2Cl)c1. The number of aryl methyl sites for hydroxylation is 1. The first kappa shape index (κ1) is 12.4. The van der Waals surface area contributed by atoms with Crippen LogP contribution in [0.2, 0.25) is 5.02 Å². The first-order valence-electron chi connectivity index (χ1n) is 5.35. The van der Waals surface area contributed by atoms with E-state index in [1.807, 2.05) is 19.1 Å². The van der Waals surface area contributed by atoms with E-state index in [9.17, 15) is 4.79 Å². The number of hydrogen-bond donors (Lipinski definition) is 2. The fraction of sp³-hybridized carbons (Fsp3) is 0.0769. The lowest BCUT2D eigenvalue weighted by Crippen LogP contribution is -2.14. The molecule has 0 saturated heterocycles. The predicted octanol–water partition coefficient (Wildman–Crippen LogP) is 2.88. The molecule has 1 aromatic heterocycles. The van der Waals surface area contributed by atoms with E-state index in [1.165, 1.54) is 12.4 Å². The maximum absolute atomic E-state index is 12.0. The number of nitrogens with zero attached hydrogens (tertiary/aromatic N) is 1. The molecule has 2 rings (SSSR count). The lowest BCUT2D eigenvalue weighted by molar-refractivity contribution is 0.102. The molecule has 0 spiro atoms. The van der Waals surface area contributed by atoms with Crippen LogP contribution >= 0.6 is 11.6 Å². The van der Waals surface area contributed by atoms with Gasteiger partial charge in [0.2, 0.25) is 0 Å². The number of hydrogen-bond acceptors (Lipinski definition) is 3. The van der Waals surface area contributed by atoms with Gasteiger partial charge in [0.1, 0.15) is 0 Å². The maximum atomic E-state index is 12.0. The molecule has 1 aromatic carbocycles. The van der Waals surface area contributed by atoms with Crippen LogP contribution in [0, 0.1) is 6.92 Å². The number of nitrogens with one attached hydrogen (secondary N) is 1. The standard InChI is InChI=1S/C13H12ClN3O/c1-8-2-3-11(15)12(6-8)17-13(18)9-4-5-16-7-10(9)14/h2-7H,15H2,1H3,(H,17,18). The fourth-order valence-corrected chi connectivity index (χ4v) is 1.73. The van der Waals surface area contributed by atoms with Crippen LogP contribution in [0.4, 0.5) is 11.4 Å². The number of pyridine rings is 1. The van der Waals surface area contributed by atoms with Gasteiger partial charge in [0, 0.05) is 12.4 Å². The molecule has 0 bridgehead atoms. The Kier molecular flexibility index (Phi) is 3.48. The summed E-state index contributed by atoms with van der Waals surface area (Å²) in [6, 6.07) is 7.00. The maximum Gasteiger partial charge on any atom is 0.257 e. The molecule has 0 aliphatic carbocycles. The largest absolute Gasteiger partial charge is 0.397 e. The Morgan fingerprint density at radius 1 is 1.39 bits per heavy atom. The van der Waals surface area contributed by atoms with Crippen LogP contribution < -0.4 is 11.1 Å². The van der Waals surface area contributed by atoms with Crippen LogP contribution in [-0.4, -0.2) is 10.9 Å². The monoisotopic (exact) mass is 261 g/mol. The van der Waals surface area contributed by atoms with Crippen molar-refractivity contribution in [1.29, 1.82) is 0 Å². The lowest BCUT2D eigenvalue weighted by atomic mass is 10.2. The first-order chi connectivity index (χ1) is 8.58. The Hall–Kier alpha value is -2.07. The van der Waals surface area contributed by atoms with Gasteiger partial charge in [-0.05, 0) is 30.7 Å². The highest BCUT2D eigenvalue weighted by Gasteiger charge is 2.11. The third-order valence-electron chi connectivity index (χ3n) is 2.47. The summed E-state index contributed by atoms with van der Waals surface area (Å²) in [5, 5.41) is 3.04. The Morgan fingerprint density at radius 2 is 2.17 bits per heavy atom. The van der Waals surface area contributed by atoms with Crippen LogP contribution in [0.5, 0.6) is 0 Å². The minimum Gasteiger partial charge on any atom is -0.397 e. The average molecular weight is 262 g/mol. The first-order valence-corrected chi connectivity index (χ1v) is 5.72. The number of nitrogen functional groups attached to an aromatic ring is 1. The number of rotatable bonds is 2. The van der Waals surface area contributed by atoms with E-state index in [1.54, 1.807) is 12.1 Å². The number of amides is 1. The molecule has 2 aromatic rings. The Morgan fingerprint density at radius 3 is 2.89 bits per heavy atom. The second-order valence-corrected chi connectivity index (χ2v) is 4.31. The molecule has 0 aliphatic heterocycles. The Bertz CT molecular complexity index is 599. The van der Waals surface area contributed by atoms with E-state index in [0.29, 0.717) is 22.0 Å². The molecule has 0 radical (unpaired) electrons. The third kappa shape index (κ3) is 2.60. The minimum atomic E-state index is -0.306. The van der Waals surface area contributed by atoms with Gasteiger partial charge in [0.05, 0.1) is 22.0 Å². The number of halogens is 1. The number of carbonyl (C=O) groups is 1. The van der Waals surface area contributed by atoms with Crippen molar-refractivity contribution in [3.63, 3.8) is 0 Å². The molecule has 0 atom stereocenters. The van der Waals surface area contributed by atoms with Crippen LogP contribution in [0.25, 0.3) is 0 Å². The van der Waals surface area contributed by atoms with Crippen molar-refractivity contribution in [2.45, 2.75) is 6.92 Å². The van der Waals surface area contributed by atoms with Crippen LogP contribution in [0.1, 0.15) is 15.9 Å². The highest BCUT2D eigenvalue weighted by molar-refractivity contribution is 6.34. The summed E-state index contributed by atoms with van der Waals surface area (Å²) in [4.78, 5) is 15.8. The molecule has 0 aliphatic rings. The van der Waals surface area contributed by atoms with E-state index < -0.39 is 0 Å². The smallest absolute Gasteiger partial charge is 0.257 e. The predicted molar refractivity (Wildman–Crippen MR) is 72.8 cm³/mol. The lowest BCUT2D eigenvalue weighted by Gasteiger charge is -2.09.